The highest BCUT2D eigenvalue weighted by atomic mass is 32.1. The summed E-state index contributed by atoms with van der Waals surface area (Å²) in [6.45, 7) is 0.186. The van der Waals surface area contributed by atoms with Crippen LogP contribution in [0.5, 0.6) is 17.2 Å². The van der Waals surface area contributed by atoms with Crippen molar-refractivity contribution in [2.45, 2.75) is 6.61 Å². The van der Waals surface area contributed by atoms with Gasteiger partial charge in [-0.2, -0.15) is 0 Å². The minimum Gasteiger partial charge on any atom is -0.497 e. The van der Waals surface area contributed by atoms with E-state index in [9.17, 15) is 14.4 Å². The van der Waals surface area contributed by atoms with Crippen molar-refractivity contribution in [3.63, 3.8) is 0 Å². The molecule has 0 unspecified atom stereocenters. The van der Waals surface area contributed by atoms with Crippen LogP contribution in [-0.2, 0) is 16.2 Å². The number of ether oxygens (including phenoxy) is 3. The van der Waals surface area contributed by atoms with Crippen LogP contribution in [0.1, 0.15) is 21.5 Å². The number of hydrogen-bond donors (Lipinski definition) is 2. The summed E-state index contributed by atoms with van der Waals surface area (Å²) >= 11 is 5.24. The van der Waals surface area contributed by atoms with Gasteiger partial charge in [0.25, 0.3) is 11.8 Å². The molecule has 2 N–H and O–H groups in total. The Kier molecular flexibility index (Phi) is 7.49. The lowest BCUT2D eigenvalue weighted by Crippen LogP contribution is -2.54. The van der Waals surface area contributed by atoms with Crippen LogP contribution in [0.15, 0.2) is 72.3 Å². The number of carbonyl (C=O) groups excluding carboxylic acids is 2. The molecule has 0 aliphatic carbocycles. The molecule has 188 valence electrons. The summed E-state index contributed by atoms with van der Waals surface area (Å²) in [7, 11) is 3.01. The first-order chi connectivity index (χ1) is 17.8. The average Bonchev–Trinajstić information content (AvgIpc) is 2.90. The van der Waals surface area contributed by atoms with Gasteiger partial charge in [0.15, 0.2) is 16.6 Å². The van der Waals surface area contributed by atoms with E-state index in [0.717, 1.165) is 5.56 Å². The Labute approximate surface area is 217 Å². The Morgan fingerprint density at radius 2 is 1.68 bits per heavy atom. The number of carbonyl (C=O) groups is 3. The molecule has 2 amide bonds. The number of hydrogen-bond acceptors (Lipinski definition) is 7. The van der Waals surface area contributed by atoms with E-state index in [-0.39, 0.29) is 22.9 Å². The van der Waals surface area contributed by atoms with Crippen molar-refractivity contribution in [3.8, 4) is 17.2 Å². The van der Waals surface area contributed by atoms with Crippen LogP contribution in [0.3, 0.4) is 0 Å². The second-order valence-corrected chi connectivity index (χ2v) is 8.24. The van der Waals surface area contributed by atoms with Crippen molar-refractivity contribution in [3.05, 3.63) is 89.0 Å². The Balaban J connectivity index is 1.55. The minimum absolute atomic E-state index is 0.0185. The van der Waals surface area contributed by atoms with Crippen molar-refractivity contribution in [1.82, 2.24) is 5.32 Å². The van der Waals surface area contributed by atoms with Gasteiger partial charge in [0.2, 0.25) is 0 Å². The van der Waals surface area contributed by atoms with E-state index in [1.165, 1.54) is 37.3 Å². The molecular formula is C27H22N2O7S. The average molecular weight is 519 g/mol. The lowest BCUT2D eigenvalue weighted by Gasteiger charge is -2.29. The van der Waals surface area contributed by atoms with E-state index in [0.29, 0.717) is 28.5 Å². The van der Waals surface area contributed by atoms with Crippen molar-refractivity contribution < 1.29 is 33.7 Å². The number of aromatic carboxylic acids is 1. The molecule has 1 heterocycles. The van der Waals surface area contributed by atoms with E-state index in [1.54, 1.807) is 54.6 Å². The number of nitrogens with one attached hydrogen (secondary N) is 1. The zero-order chi connectivity index (χ0) is 26.5. The summed E-state index contributed by atoms with van der Waals surface area (Å²) < 4.78 is 16.4. The van der Waals surface area contributed by atoms with E-state index >= 15 is 0 Å². The van der Waals surface area contributed by atoms with Crippen LogP contribution >= 0.6 is 12.2 Å². The van der Waals surface area contributed by atoms with Crippen molar-refractivity contribution >= 4 is 46.9 Å². The van der Waals surface area contributed by atoms with Crippen LogP contribution in [0, 0.1) is 0 Å². The maximum atomic E-state index is 13.2. The number of amides is 2. The van der Waals surface area contributed by atoms with Gasteiger partial charge in [-0.3, -0.25) is 19.8 Å². The molecule has 37 heavy (non-hydrogen) atoms. The molecule has 9 nitrogen and oxygen atoms in total. The van der Waals surface area contributed by atoms with Crippen LogP contribution in [0.4, 0.5) is 5.69 Å². The number of nitrogens with zero attached hydrogens (tertiary/aromatic N) is 1. The highest BCUT2D eigenvalue weighted by Gasteiger charge is 2.34. The summed E-state index contributed by atoms with van der Waals surface area (Å²) in [6, 6.07) is 18.0. The van der Waals surface area contributed by atoms with Crippen molar-refractivity contribution in [2.75, 3.05) is 19.1 Å². The van der Waals surface area contributed by atoms with Gasteiger partial charge in [-0.25, -0.2) is 4.79 Å². The number of methoxy groups -OCH3 is 2. The molecule has 0 bridgehead atoms. The molecule has 1 aliphatic heterocycles. The third-order valence-corrected chi connectivity index (χ3v) is 5.81. The topological polar surface area (TPSA) is 114 Å². The zero-order valence-corrected chi connectivity index (χ0v) is 20.7. The number of rotatable bonds is 8. The summed E-state index contributed by atoms with van der Waals surface area (Å²) in [5.41, 5.74) is 1.89. The Bertz CT molecular complexity index is 1400. The number of anilines is 1. The first kappa shape index (κ1) is 25.4. The third-order valence-electron chi connectivity index (χ3n) is 5.53. The minimum atomic E-state index is -1.00. The molecule has 0 radical (unpaired) electrons. The highest BCUT2D eigenvalue weighted by molar-refractivity contribution is 7.80. The summed E-state index contributed by atoms with van der Waals surface area (Å²) in [4.78, 5) is 38.1. The van der Waals surface area contributed by atoms with Crippen LogP contribution in [-0.4, -0.2) is 42.2 Å². The largest absolute Gasteiger partial charge is 0.497 e. The Morgan fingerprint density at radius 1 is 0.973 bits per heavy atom. The quantitative estimate of drug-likeness (QED) is 0.263. The van der Waals surface area contributed by atoms with Gasteiger partial charge < -0.3 is 19.3 Å². The molecule has 4 rings (SSSR count). The van der Waals surface area contributed by atoms with Gasteiger partial charge in [0.05, 0.1) is 25.5 Å². The maximum absolute atomic E-state index is 13.2. The fourth-order valence-electron chi connectivity index (χ4n) is 3.59. The smallest absolute Gasteiger partial charge is 0.335 e. The number of benzene rings is 3. The lowest BCUT2D eigenvalue weighted by atomic mass is 10.1. The summed E-state index contributed by atoms with van der Waals surface area (Å²) in [5.74, 6) is -0.731. The second kappa shape index (κ2) is 10.9. The predicted molar refractivity (Wildman–Crippen MR) is 140 cm³/mol. The molecular weight excluding hydrogens is 496 g/mol. The number of thiocarbonyl (C=S) groups is 1. The molecule has 0 atom stereocenters. The van der Waals surface area contributed by atoms with Gasteiger partial charge in [-0.15, -0.1) is 0 Å². The first-order valence-corrected chi connectivity index (χ1v) is 11.4. The lowest BCUT2D eigenvalue weighted by molar-refractivity contribution is -0.122. The molecule has 0 spiro atoms. The third kappa shape index (κ3) is 5.60. The van der Waals surface area contributed by atoms with Gasteiger partial charge in [-0.1, -0.05) is 18.2 Å². The van der Waals surface area contributed by atoms with Gasteiger partial charge in [0.1, 0.15) is 17.9 Å². The highest BCUT2D eigenvalue weighted by Crippen LogP contribution is 2.31. The Morgan fingerprint density at radius 3 is 2.30 bits per heavy atom. The summed E-state index contributed by atoms with van der Waals surface area (Å²) in [5, 5.41) is 11.6. The van der Waals surface area contributed by atoms with Crippen LogP contribution in [0.2, 0.25) is 0 Å². The van der Waals surface area contributed by atoms with Crippen molar-refractivity contribution in [1.29, 1.82) is 0 Å². The maximum Gasteiger partial charge on any atom is 0.335 e. The zero-order valence-electron chi connectivity index (χ0n) is 19.9. The fraction of sp³-hybridized carbons (Fsp3) is 0.111. The first-order valence-electron chi connectivity index (χ1n) is 11.0. The van der Waals surface area contributed by atoms with E-state index in [4.69, 9.17) is 31.5 Å². The number of carboxylic acids is 1. The standard InChI is InChI=1S/C27H22N2O7S/c1-34-20-10-8-19(9-11-20)29-25(31)21(24(30)28-27(29)37)13-17-5-12-22(23(14-17)35-2)36-15-16-3-6-18(7-4-16)26(32)33/h3-14H,15H2,1-2H3,(H,32,33)(H,28,30,37). The van der Waals surface area contributed by atoms with Crippen molar-refractivity contribution in [2.24, 2.45) is 0 Å². The molecule has 3 aromatic carbocycles. The van der Waals surface area contributed by atoms with Crippen LogP contribution < -0.4 is 24.4 Å². The molecule has 10 heteroatoms. The fourth-order valence-corrected chi connectivity index (χ4v) is 3.87. The molecule has 1 saturated heterocycles. The van der Waals surface area contributed by atoms with Crippen LogP contribution in [0.25, 0.3) is 6.08 Å². The molecule has 0 aromatic heterocycles. The van der Waals surface area contributed by atoms with Gasteiger partial charge >= 0.3 is 5.97 Å². The SMILES string of the molecule is COc1ccc(N2C(=O)C(=Cc3ccc(OCc4ccc(C(=O)O)cc4)c(OC)c3)C(=O)NC2=S)cc1. The summed E-state index contributed by atoms with van der Waals surface area (Å²) in [6.07, 6.45) is 1.45. The molecule has 1 fully saturated rings. The van der Waals surface area contributed by atoms with E-state index in [2.05, 4.69) is 5.32 Å². The van der Waals surface area contributed by atoms with E-state index < -0.39 is 17.8 Å². The van der Waals surface area contributed by atoms with E-state index in [1.807, 2.05) is 0 Å². The normalized spacial score (nSPS) is 14.4. The Hall–Kier alpha value is -4.70. The van der Waals surface area contributed by atoms with Gasteiger partial charge in [0, 0.05) is 0 Å². The predicted octanol–water partition coefficient (Wildman–Crippen LogP) is 3.81. The molecule has 1 aliphatic rings. The monoisotopic (exact) mass is 518 g/mol. The number of carboxylic acid groups (broad SMARTS) is 1. The van der Waals surface area contributed by atoms with Gasteiger partial charge in [-0.05, 0) is 78.0 Å². The second-order valence-electron chi connectivity index (χ2n) is 7.86. The molecule has 3 aromatic rings. The molecule has 0 saturated carbocycles.